The van der Waals surface area contributed by atoms with E-state index in [1.54, 1.807) is 23.5 Å². The van der Waals surface area contributed by atoms with Gasteiger partial charge in [-0.05, 0) is 60.0 Å². The van der Waals surface area contributed by atoms with E-state index in [-0.39, 0.29) is 5.91 Å². The molecule has 7 heteroatoms. The fourth-order valence-electron chi connectivity index (χ4n) is 2.10. The van der Waals surface area contributed by atoms with Crippen LogP contribution in [0.4, 0.5) is 0 Å². The molecule has 0 saturated carbocycles. The minimum Gasteiger partial charge on any atom is -0.357 e. The van der Waals surface area contributed by atoms with Gasteiger partial charge in [-0.2, -0.15) is 11.3 Å². The van der Waals surface area contributed by atoms with Gasteiger partial charge in [-0.15, -0.1) is 0 Å². The Labute approximate surface area is 161 Å². The number of carbonyl (C=O) groups is 1. The summed E-state index contributed by atoms with van der Waals surface area (Å²) in [6.45, 7) is 4.89. The first-order chi connectivity index (χ1) is 12.2. The van der Waals surface area contributed by atoms with Crippen molar-refractivity contribution in [3.8, 4) is 0 Å². The number of hydrogen-bond donors (Lipinski definition) is 3. The summed E-state index contributed by atoms with van der Waals surface area (Å²) in [5, 5.41) is 13.6. The summed E-state index contributed by atoms with van der Waals surface area (Å²) < 4.78 is 0.964. The molecule has 2 aromatic rings. The van der Waals surface area contributed by atoms with Crippen LogP contribution >= 0.6 is 27.3 Å². The van der Waals surface area contributed by atoms with Crippen LogP contribution in [0.5, 0.6) is 0 Å². The molecule has 1 aromatic heterocycles. The van der Waals surface area contributed by atoms with E-state index >= 15 is 0 Å². The lowest BCUT2D eigenvalue weighted by molar-refractivity contribution is 0.0953. The van der Waals surface area contributed by atoms with Gasteiger partial charge in [0.05, 0.1) is 6.54 Å². The number of benzene rings is 1. The average Bonchev–Trinajstić information content (AvgIpc) is 3.13. The third kappa shape index (κ3) is 7.27. The van der Waals surface area contributed by atoms with Gasteiger partial charge in [-0.3, -0.25) is 4.79 Å². The Morgan fingerprint density at radius 1 is 1.12 bits per heavy atom. The molecule has 0 aliphatic carbocycles. The fraction of sp³-hybridized carbons (Fsp3) is 0.333. The smallest absolute Gasteiger partial charge is 0.251 e. The number of amides is 1. The van der Waals surface area contributed by atoms with Crippen molar-refractivity contribution in [2.75, 3.05) is 19.6 Å². The van der Waals surface area contributed by atoms with Gasteiger partial charge in [0.25, 0.3) is 5.91 Å². The van der Waals surface area contributed by atoms with Crippen molar-refractivity contribution in [1.29, 1.82) is 0 Å². The maximum atomic E-state index is 12.0. The summed E-state index contributed by atoms with van der Waals surface area (Å²) in [4.78, 5) is 16.6. The Morgan fingerprint density at radius 3 is 2.56 bits per heavy atom. The fourth-order valence-corrected chi connectivity index (χ4v) is 3.02. The number of carbonyl (C=O) groups excluding carboxylic acids is 1. The lowest BCUT2D eigenvalue weighted by Gasteiger charge is -2.11. The van der Waals surface area contributed by atoms with E-state index in [2.05, 4.69) is 53.7 Å². The van der Waals surface area contributed by atoms with Crippen molar-refractivity contribution < 1.29 is 4.79 Å². The maximum Gasteiger partial charge on any atom is 0.251 e. The van der Waals surface area contributed by atoms with E-state index in [9.17, 15) is 4.79 Å². The monoisotopic (exact) mass is 422 g/mol. The summed E-state index contributed by atoms with van der Waals surface area (Å²) in [6.07, 6.45) is 0.825. The van der Waals surface area contributed by atoms with Crippen LogP contribution < -0.4 is 16.0 Å². The molecule has 3 N–H and O–H groups in total. The van der Waals surface area contributed by atoms with Gasteiger partial charge in [-0.1, -0.05) is 15.9 Å². The zero-order chi connectivity index (χ0) is 17.9. The third-order valence-corrected chi connectivity index (χ3v) is 4.64. The second-order valence-corrected chi connectivity index (χ2v) is 7.07. The highest BCUT2D eigenvalue weighted by molar-refractivity contribution is 9.10. The molecule has 5 nitrogen and oxygen atoms in total. The lowest BCUT2D eigenvalue weighted by atomic mass is 10.2. The van der Waals surface area contributed by atoms with Crippen LogP contribution in [0.1, 0.15) is 29.3 Å². The van der Waals surface area contributed by atoms with E-state index in [1.807, 2.05) is 19.1 Å². The topological polar surface area (TPSA) is 65.5 Å². The van der Waals surface area contributed by atoms with Crippen LogP contribution in [0.3, 0.4) is 0 Å². The van der Waals surface area contributed by atoms with Gasteiger partial charge in [0, 0.05) is 29.7 Å². The molecule has 0 unspecified atom stereocenters. The molecule has 1 aromatic carbocycles. The first-order valence-corrected chi connectivity index (χ1v) is 9.99. The number of nitrogens with zero attached hydrogens (tertiary/aromatic N) is 1. The Bertz CT molecular complexity index is 671. The second-order valence-electron chi connectivity index (χ2n) is 5.37. The van der Waals surface area contributed by atoms with Gasteiger partial charge >= 0.3 is 0 Å². The highest BCUT2D eigenvalue weighted by atomic mass is 79.9. The molecule has 134 valence electrons. The standard InChI is InChI=1S/C18H23BrN4OS/c1-2-20-18(23-12-14-8-11-25-13-14)22-10-3-9-21-17(24)15-4-6-16(19)7-5-15/h4-8,11,13H,2-3,9-10,12H2,1H3,(H,21,24)(H2,20,22,23). The van der Waals surface area contributed by atoms with Crippen molar-refractivity contribution in [2.45, 2.75) is 19.9 Å². The Hall–Kier alpha value is -1.86. The van der Waals surface area contributed by atoms with Crippen LogP contribution in [0, 0.1) is 0 Å². The molecule has 0 fully saturated rings. The van der Waals surface area contributed by atoms with E-state index in [0.717, 1.165) is 29.9 Å². The highest BCUT2D eigenvalue weighted by Gasteiger charge is 2.04. The zero-order valence-electron chi connectivity index (χ0n) is 14.2. The minimum absolute atomic E-state index is 0.0504. The van der Waals surface area contributed by atoms with Gasteiger partial charge in [0.2, 0.25) is 0 Å². The molecular formula is C18H23BrN4OS. The highest BCUT2D eigenvalue weighted by Crippen LogP contribution is 2.10. The molecule has 0 saturated heterocycles. The third-order valence-electron chi connectivity index (χ3n) is 3.38. The molecule has 2 rings (SSSR count). The molecule has 0 aliphatic heterocycles. The molecule has 25 heavy (non-hydrogen) atoms. The van der Waals surface area contributed by atoms with Crippen LogP contribution in [-0.2, 0) is 6.54 Å². The number of rotatable bonds is 8. The van der Waals surface area contributed by atoms with Crippen molar-refractivity contribution in [3.63, 3.8) is 0 Å². The van der Waals surface area contributed by atoms with Crippen LogP contribution in [0.2, 0.25) is 0 Å². The quantitative estimate of drug-likeness (QED) is 0.347. The summed E-state index contributed by atoms with van der Waals surface area (Å²) in [5.41, 5.74) is 1.88. The number of nitrogens with one attached hydrogen (secondary N) is 3. The first kappa shape index (κ1) is 19.5. The van der Waals surface area contributed by atoms with Crippen LogP contribution in [-0.4, -0.2) is 31.5 Å². The molecule has 0 bridgehead atoms. The molecule has 1 heterocycles. The predicted molar refractivity (Wildman–Crippen MR) is 108 cm³/mol. The molecule has 0 radical (unpaired) electrons. The Kier molecular flexibility index (Phi) is 8.48. The summed E-state index contributed by atoms with van der Waals surface area (Å²) in [7, 11) is 0. The largest absolute Gasteiger partial charge is 0.357 e. The molecular weight excluding hydrogens is 400 g/mol. The molecule has 0 atom stereocenters. The van der Waals surface area contributed by atoms with E-state index in [0.29, 0.717) is 18.7 Å². The average molecular weight is 423 g/mol. The first-order valence-electron chi connectivity index (χ1n) is 8.26. The summed E-state index contributed by atoms with van der Waals surface area (Å²) >= 11 is 5.04. The Morgan fingerprint density at radius 2 is 1.88 bits per heavy atom. The van der Waals surface area contributed by atoms with Gasteiger partial charge in [0.1, 0.15) is 0 Å². The van der Waals surface area contributed by atoms with E-state index in [1.165, 1.54) is 5.56 Å². The SMILES string of the molecule is CCNC(=NCc1ccsc1)NCCCNC(=O)c1ccc(Br)cc1. The minimum atomic E-state index is -0.0504. The zero-order valence-corrected chi connectivity index (χ0v) is 16.6. The lowest BCUT2D eigenvalue weighted by Crippen LogP contribution is -2.38. The van der Waals surface area contributed by atoms with Crippen molar-refractivity contribution in [1.82, 2.24) is 16.0 Å². The van der Waals surface area contributed by atoms with E-state index < -0.39 is 0 Å². The molecule has 0 aliphatic rings. The van der Waals surface area contributed by atoms with Crippen molar-refractivity contribution in [2.24, 2.45) is 4.99 Å². The van der Waals surface area contributed by atoms with Gasteiger partial charge in [-0.25, -0.2) is 4.99 Å². The summed E-state index contributed by atoms with van der Waals surface area (Å²) in [6, 6.07) is 9.41. The Balaban J connectivity index is 1.68. The van der Waals surface area contributed by atoms with E-state index in [4.69, 9.17) is 0 Å². The number of halogens is 1. The second kappa shape index (κ2) is 10.9. The number of hydrogen-bond acceptors (Lipinski definition) is 3. The number of thiophene rings is 1. The summed E-state index contributed by atoms with van der Waals surface area (Å²) in [5.74, 6) is 0.749. The van der Waals surface area contributed by atoms with Crippen molar-refractivity contribution in [3.05, 3.63) is 56.7 Å². The number of guanidine groups is 1. The molecule has 0 spiro atoms. The normalized spacial score (nSPS) is 11.2. The van der Waals surface area contributed by atoms with Gasteiger partial charge < -0.3 is 16.0 Å². The predicted octanol–water partition coefficient (Wildman–Crippen LogP) is 3.39. The maximum absolute atomic E-state index is 12.0. The van der Waals surface area contributed by atoms with Crippen LogP contribution in [0.25, 0.3) is 0 Å². The van der Waals surface area contributed by atoms with Gasteiger partial charge in [0.15, 0.2) is 5.96 Å². The van der Waals surface area contributed by atoms with Crippen LogP contribution in [0.15, 0.2) is 50.6 Å². The van der Waals surface area contributed by atoms with Crippen molar-refractivity contribution >= 4 is 39.1 Å². The molecule has 1 amide bonds. The number of aliphatic imine (C=N–C) groups is 1.